The van der Waals surface area contributed by atoms with Crippen molar-refractivity contribution in [3.05, 3.63) is 28.8 Å². The van der Waals surface area contributed by atoms with Gasteiger partial charge in [-0.05, 0) is 42.5 Å². The number of hydrogen-bond acceptors (Lipinski definition) is 7. The van der Waals surface area contributed by atoms with Crippen molar-refractivity contribution in [2.75, 3.05) is 6.79 Å². The fraction of sp³-hybridized carbons (Fsp3) is 0.476. The Labute approximate surface area is 167 Å². The monoisotopic (exact) mass is 399 g/mol. The van der Waals surface area contributed by atoms with Crippen LogP contribution in [0.4, 0.5) is 0 Å². The Morgan fingerprint density at radius 2 is 1.79 bits per heavy atom. The molecule has 5 rings (SSSR count). The van der Waals surface area contributed by atoms with E-state index in [0.29, 0.717) is 29.9 Å². The number of carbonyl (C=O) groups is 3. The summed E-state index contributed by atoms with van der Waals surface area (Å²) in [7, 11) is 0. The van der Waals surface area contributed by atoms with Crippen LogP contribution in [0, 0.1) is 0 Å². The van der Waals surface area contributed by atoms with Crippen LogP contribution in [0.25, 0.3) is 5.57 Å². The van der Waals surface area contributed by atoms with Crippen LogP contribution in [0.15, 0.2) is 17.7 Å². The smallest absolute Gasteiger partial charge is 0.303 e. The Kier molecular flexibility index (Phi) is 3.88. The van der Waals surface area contributed by atoms with Crippen LogP contribution in [0.3, 0.4) is 0 Å². The van der Waals surface area contributed by atoms with Gasteiger partial charge in [0.1, 0.15) is 11.6 Å². The average Bonchev–Trinajstić information content (AvgIpc) is 3.10. The summed E-state index contributed by atoms with van der Waals surface area (Å²) in [6.45, 7) is 2.76. The molecule has 1 aromatic rings. The van der Waals surface area contributed by atoms with Gasteiger partial charge in [-0.1, -0.05) is 5.57 Å². The molecule has 29 heavy (non-hydrogen) atoms. The van der Waals surface area contributed by atoms with E-state index in [-0.39, 0.29) is 12.7 Å². The molecule has 3 atom stereocenters. The maximum Gasteiger partial charge on any atom is 0.303 e. The van der Waals surface area contributed by atoms with Gasteiger partial charge in [-0.2, -0.15) is 0 Å². The summed E-state index contributed by atoms with van der Waals surface area (Å²) in [5, 5.41) is 3.11. The molecule has 1 N–H and O–H groups in total. The first-order chi connectivity index (χ1) is 13.9. The van der Waals surface area contributed by atoms with Gasteiger partial charge < -0.3 is 24.3 Å². The van der Waals surface area contributed by atoms with E-state index in [9.17, 15) is 14.4 Å². The number of fused-ring (bicyclic) bond motifs is 2. The van der Waals surface area contributed by atoms with E-state index in [1.54, 1.807) is 6.07 Å². The SMILES string of the molecule is CC(=O)O[C@@H]1[C@H](OC(C)=O)CC2=C3c4cc5c(cc4C(=O)N[C@]31CCC2)OCO5. The summed E-state index contributed by atoms with van der Waals surface area (Å²) < 4.78 is 22.2. The van der Waals surface area contributed by atoms with E-state index < -0.39 is 29.7 Å². The van der Waals surface area contributed by atoms with Crippen molar-refractivity contribution >= 4 is 23.4 Å². The predicted octanol–water partition coefficient (Wildman–Crippen LogP) is 2.10. The summed E-state index contributed by atoms with van der Waals surface area (Å²) in [5.41, 5.74) is 2.39. The quantitative estimate of drug-likeness (QED) is 0.760. The number of nitrogens with one attached hydrogen (secondary N) is 1. The van der Waals surface area contributed by atoms with Crippen LogP contribution >= 0.6 is 0 Å². The van der Waals surface area contributed by atoms with Gasteiger partial charge in [0.05, 0.1) is 5.56 Å². The van der Waals surface area contributed by atoms with Crippen molar-refractivity contribution < 1.29 is 33.3 Å². The molecule has 8 nitrogen and oxygen atoms in total. The molecular weight excluding hydrogens is 378 g/mol. The third-order valence-corrected chi connectivity index (χ3v) is 6.09. The molecule has 0 aromatic heterocycles. The summed E-state index contributed by atoms with van der Waals surface area (Å²) in [6.07, 6.45) is 1.26. The van der Waals surface area contributed by atoms with Gasteiger partial charge in [0.2, 0.25) is 6.79 Å². The van der Waals surface area contributed by atoms with Crippen molar-refractivity contribution in [3.63, 3.8) is 0 Å². The summed E-state index contributed by atoms with van der Waals surface area (Å²) >= 11 is 0. The molecule has 0 unspecified atom stereocenters. The number of esters is 2. The molecule has 8 heteroatoms. The van der Waals surface area contributed by atoms with Crippen molar-refractivity contribution in [1.82, 2.24) is 5.32 Å². The molecule has 2 aliphatic carbocycles. The van der Waals surface area contributed by atoms with Gasteiger partial charge in [-0.3, -0.25) is 14.4 Å². The number of ether oxygens (including phenoxy) is 4. The number of amides is 1. The van der Waals surface area contributed by atoms with Crippen LogP contribution < -0.4 is 14.8 Å². The summed E-state index contributed by atoms with van der Waals surface area (Å²) in [4.78, 5) is 36.8. The second-order valence-electron chi connectivity index (χ2n) is 7.89. The van der Waals surface area contributed by atoms with Crippen molar-refractivity contribution in [3.8, 4) is 11.5 Å². The van der Waals surface area contributed by atoms with Crippen LogP contribution in [0.2, 0.25) is 0 Å². The zero-order chi connectivity index (χ0) is 20.3. The minimum absolute atomic E-state index is 0.113. The van der Waals surface area contributed by atoms with E-state index in [4.69, 9.17) is 18.9 Å². The predicted molar refractivity (Wildman–Crippen MR) is 99.3 cm³/mol. The van der Waals surface area contributed by atoms with Gasteiger partial charge in [-0.15, -0.1) is 0 Å². The average molecular weight is 399 g/mol. The molecule has 152 valence electrons. The topological polar surface area (TPSA) is 100 Å². The highest BCUT2D eigenvalue weighted by atomic mass is 16.7. The highest BCUT2D eigenvalue weighted by molar-refractivity contribution is 6.07. The van der Waals surface area contributed by atoms with E-state index in [0.717, 1.165) is 29.6 Å². The van der Waals surface area contributed by atoms with E-state index in [2.05, 4.69) is 5.32 Å². The largest absolute Gasteiger partial charge is 0.458 e. The van der Waals surface area contributed by atoms with Gasteiger partial charge in [0.15, 0.2) is 17.6 Å². The van der Waals surface area contributed by atoms with E-state index in [1.165, 1.54) is 13.8 Å². The standard InChI is InChI=1S/C21H21NO7/c1-10(23)28-17-6-12-4-3-5-21(19(17)29-11(2)24)18(12)13-7-15-16(27-9-26-15)8-14(13)20(25)22-21/h7-8,17,19H,3-6,9H2,1-2H3,(H,22,25)/t17-,19-,21-/m1/s1. The lowest BCUT2D eigenvalue weighted by atomic mass is 9.61. The van der Waals surface area contributed by atoms with Gasteiger partial charge in [0.25, 0.3) is 5.91 Å². The van der Waals surface area contributed by atoms with Crippen molar-refractivity contribution in [2.24, 2.45) is 0 Å². The Balaban J connectivity index is 1.72. The first-order valence-corrected chi connectivity index (χ1v) is 9.72. The molecule has 0 radical (unpaired) electrons. The maximum atomic E-state index is 13.1. The second-order valence-corrected chi connectivity index (χ2v) is 7.89. The first kappa shape index (κ1) is 18.0. The Bertz CT molecular complexity index is 981. The number of hydrogen-bond donors (Lipinski definition) is 1. The molecule has 1 aromatic carbocycles. The highest BCUT2D eigenvalue weighted by Gasteiger charge is 2.58. The first-order valence-electron chi connectivity index (χ1n) is 9.72. The van der Waals surface area contributed by atoms with Gasteiger partial charge >= 0.3 is 11.9 Å². The lowest BCUT2D eigenvalue weighted by molar-refractivity contribution is -0.172. The minimum Gasteiger partial charge on any atom is -0.458 e. The molecular formula is C21H21NO7. The van der Waals surface area contributed by atoms with Crippen LogP contribution in [-0.2, 0) is 19.1 Å². The molecule has 1 amide bonds. The fourth-order valence-corrected chi connectivity index (χ4v) is 5.21. The van der Waals surface area contributed by atoms with Gasteiger partial charge in [-0.25, -0.2) is 0 Å². The number of carbonyl (C=O) groups excluding carboxylic acids is 3. The van der Waals surface area contributed by atoms with Gasteiger partial charge in [0, 0.05) is 20.3 Å². The zero-order valence-electron chi connectivity index (χ0n) is 16.2. The minimum atomic E-state index is -0.935. The maximum absolute atomic E-state index is 13.1. The number of rotatable bonds is 2. The molecule has 0 saturated heterocycles. The van der Waals surface area contributed by atoms with Crippen molar-refractivity contribution in [1.29, 1.82) is 0 Å². The third-order valence-electron chi connectivity index (χ3n) is 6.09. The second kappa shape index (κ2) is 6.23. The molecule has 0 spiro atoms. The Morgan fingerprint density at radius 3 is 2.48 bits per heavy atom. The Morgan fingerprint density at radius 1 is 1.10 bits per heavy atom. The van der Waals surface area contributed by atoms with E-state index in [1.807, 2.05) is 6.07 Å². The molecule has 0 saturated carbocycles. The van der Waals surface area contributed by atoms with Crippen LogP contribution in [0.1, 0.15) is 55.5 Å². The summed E-state index contributed by atoms with van der Waals surface area (Å²) in [5.74, 6) is -0.0807. The number of benzene rings is 1. The van der Waals surface area contributed by atoms with Crippen LogP contribution in [-0.4, -0.2) is 42.4 Å². The zero-order valence-corrected chi connectivity index (χ0v) is 16.2. The fourth-order valence-electron chi connectivity index (χ4n) is 5.21. The lowest BCUT2D eigenvalue weighted by Crippen LogP contribution is -2.67. The molecule has 2 bridgehead atoms. The normalized spacial score (nSPS) is 28.8. The Hall–Kier alpha value is -3.03. The van der Waals surface area contributed by atoms with E-state index >= 15 is 0 Å². The van der Waals surface area contributed by atoms with Crippen molar-refractivity contribution in [2.45, 2.75) is 57.3 Å². The third kappa shape index (κ3) is 2.62. The molecule has 0 fully saturated rings. The van der Waals surface area contributed by atoms with Crippen LogP contribution in [0.5, 0.6) is 11.5 Å². The molecule has 2 aliphatic heterocycles. The highest BCUT2D eigenvalue weighted by Crippen LogP contribution is 2.54. The summed E-state index contributed by atoms with van der Waals surface area (Å²) in [6, 6.07) is 3.53. The lowest BCUT2D eigenvalue weighted by Gasteiger charge is -2.53. The molecule has 2 heterocycles. The molecule has 4 aliphatic rings.